The maximum absolute atomic E-state index is 14.2. The zero-order chi connectivity index (χ0) is 33.2. The Bertz CT molecular complexity index is 1920. The summed E-state index contributed by atoms with van der Waals surface area (Å²) in [5.41, 5.74) is 11.7. The second-order valence-electron chi connectivity index (χ2n) is 15.0. The number of rotatable bonds is 4. The molecule has 0 saturated heterocycles. The van der Waals surface area contributed by atoms with Crippen molar-refractivity contribution in [3.05, 3.63) is 147 Å². The Labute approximate surface area is 304 Å². The molecule has 0 aromatic heterocycles. The third-order valence-electron chi connectivity index (χ3n) is 9.58. The Hall–Kier alpha value is -2.52. The Morgan fingerprint density at radius 2 is 1.27 bits per heavy atom. The molecule has 0 radical (unpaired) electrons. The van der Waals surface area contributed by atoms with Crippen molar-refractivity contribution in [1.29, 1.82) is 0 Å². The Morgan fingerprint density at radius 1 is 0.688 bits per heavy atom. The van der Waals surface area contributed by atoms with Gasteiger partial charge in [-0.25, -0.2) is 0 Å². The fraction of sp³-hybridized carbons (Fsp3) is 0.310. The van der Waals surface area contributed by atoms with Gasteiger partial charge in [0.2, 0.25) is 0 Å². The molecule has 0 nitrogen and oxygen atoms in total. The summed E-state index contributed by atoms with van der Waals surface area (Å²) in [6.07, 6.45) is 5.27. The molecule has 2 aliphatic rings. The number of alkyl halides is 3. The molecule has 0 N–H and O–H groups in total. The molecule has 4 aromatic rings. The molecular weight excluding hydrogens is 724 g/mol. The quantitative estimate of drug-likeness (QED) is 0.244. The number of aryl methyl sites for hydroxylation is 1. The van der Waals surface area contributed by atoms with Gasteiger partial charge in [0.15, 0.2) is 0 Å². The van der Waals surface area contributed by atoms with Gasteiger partial charge in [-0.2, -0.15) is 0 Å². The van der Waals surface area contributed by atoms with Crippen LogP contribution in [0.4, 0.5) is 13.2 Å². The maximum Gasteiger partial charge on any atom is -1.00 e. The van der Waals surface area contributed by atoms with E-state index in [1.807, 2.05) is 24.3 Å². The van der Waals surface area contributed by atoms with Gasteiger partial charge in [-0.15, -0.1) is 0 Å². The molecule has 2 aliphatic carbocycles. The summed E-state index contributed by atoms with van der Waals surface area (Å²) in [6, 6.07) is 23.5. The van der Waals surface area contributed by atoms with E-state index in [1.165, 1.54) is 59.9 Å². The van der Waals surface area contributed by atoms with Crippen molar-refractivity contribution in [3.8, 4) is 11.1 Å². The van der Waals surface area contributed by atoms with Crippen molar-refractivity contribution in [3.63, 3.8) is 0 Å². The summed E-state index contributed by atoms with van der Waals surface area (Å²) in [5.74, 6) is 0. The van der Waals surface area contributed by atoms with Gasteiger partial charge < -0.3 is 24.8 Å². The van der Waals surface area contributed by atoms with E-state index in [0.717, 1.165) is 15.2 Å². The van der Waals surface area contributed by atoms with Crippen LogP contribution in [0.25, 0.3) is 11.1 Å². The predicted octanol–water partition coefficient (Wildman–Crippen LogP) is 4.92. The Balaban J connectivity index is 0.00000260. The first-order valence-corrected chi connectivity index (χ1v) is 20.1. The van der Waals surface area contributed by atoms with E-state index in [2.05, 4.69) is 110 Å². The number of halogens is 5. The molecule has 0 unspecified atom stereocenters. The molecular formula is C42H43Cl2F3Zr. The number of benzene rings is 4. The first-order chi connectivity index (χ1) is 21.6. The zero-order valence-electron chi connectivity index (χ0n) is 28.9. The van der Waals surface area contributed by atoms with Gasteiger partial charge in [-0.3, -0.25) is 0 Å². The van der Waals surface area contributed by atoms with Crippen LogP contribution in [0.2, 0.25) is 3.63 Å². The number of allylic oxidation sites excluding steroid dienone is 4. The van der Waals surface area contributed by atoms with Crippen molar-refractivity contribution in [2.24, 2.45) is 0 Å². The summed E-state index contributed by atoms with van der Waals surface area (Å²) < 4.78 is 45.3. The van der Waals surface area contributed by atoms with E-state index in [9.17, 15) is 13.2 Å². The van der Waals surface area contributed by atoms with E-state index < -0.39 is 33.0 Å². The van der Waals surface area contributed by atoms with Gasteiger partial charge >= 0.3 is 282 Å². The van der Waals surface area contributed by atoms with Crippen LogP contribution in [0, 0.1) is 13.8 Å². The molecule has 6 heteroatoms. The molecule has 0 bridgehead atoms. The maximum atomic E-state index is 14.2. The predicted molar refractivity (Wildman–Crippen MR) is 184 cm³/mol. The van der Waals surface area contributed by atoms with Gasteiger partial charge in [0.05, 0.1) is 0 Å². The van der Waals surface area contributed by atoms with Crippen molar-refractivity contribution >= 4 is 6.48 Å². The van der Waals surface area contributed by atoms with Crippen molar-refractivity contribution < 1.29 is 59.3 Å². The fourth-order valence-corrected chi connectivity index (χ4v) is 16.3. The van der Waals surface area contributed by atoms with Crippen LogP contribution >= 0.6 is 0 Å². The number of fused-ring (bicyclic) bond motifs is 3. The van der Waals surface area contributed by atoms with Crippen molar-refractivity contribution in [2.75, 3.05) is 0 Å². The minimum atomic E-state index is -4.41. The van der Waals surface area contributed by atoms with Crippen LogP contribution < -0.4 is 28.1 Å². The molecule has 0 atom stereocenters. The molecule has 0 heterocycles. The summed E-state index contributed by atoms with van der Waals surface area (Å²) in [4.78, 5) is 0. The number of hydrogen-bond donors (Lipinski definition) is 0. The SMILES string of the molecule is Cc1cc2c(cc1C(C)(C)C)-c1cc(C(C)(C)C)c(C)[c]([Zr+2](=[C](c3ccccc3)c3cccc(C(F)(F)F)c3)[CH]3C=CC=C3)c1C2.[Cl-].[Cl-]. The van der Waals surface area contributed by atoms with E-state index in [1.54, 1.807) is 6.07 Å². The summed E-state index contributed by atoms with van der Waals surface area (Å²) in [6.45, 7) is 18.2. The summed E-state index contributed by atoms with van der Waals surface area (Å²) >= 11 is -3.15. The molecule has 6 rings (SSSR count). The summed E-state index contributed by atoms with van der Waals surface area (Å²) in [7, 11) is 0. The average molecular weight is 767 g/mol. The van der Waals surface area contributed by atoms with Gasteiger partial charge in [-0.05, 0) is 0 Å². The molecule has 4 aromatic carbocycles. The molecule has 0 aliphatic heterocycles. The van der Waals surface area contributed by atoms with E-state index in [0.29, 0.717) is 5.56 Å². The van der Waals surface area contributed by atoms with Gasteiger partial charge in [0.1, 0.15) is 0 Å². The molecule has 0 amide bonds. The third kappa shape index (κ3) is 7.19. The smallest absolute Gasteiger partial charge is 1.00 e. The molecule has 0 saturated carbocycles. The minimum Gasteiger partial charge on any atom is -1.00 e. The second-order valence-corrected chi connectivity index (χ2v) is 21.1. The minimum absolute atomic E-state index is 0. The van der Waals surface area contributed by atoms with Crippen LogP contribution in [0.1, 0.15) is 91.6 Å². The van der Waals surface area contributed by atoms with Gasteiger partial charge in [0.25, 0.3) is 0 Å². The zero-order valence-corrected chi connectivity index (χ0v) is 32.9. The van der Waals surface area contributed by atoms with Gasteiger partial charge in [-0.1, -0.05) is 0 Å². The molecule has 250 valence electrons. The van der Waals surface area contributed by atoms with Crippen LogP contribution in [0.3, 0.4) is 0 Å². The van der Waals surface area contributed by atoms with E-state index in [-0.39, 0.29) is 39.3 Å². The number of hydrogen-bond acceptors (Lipinski definition) is 0. The van der Waals surface area contributed by atoms with Crippen LogP contribution in [0.15, 0.2) is 97.1 Å². The third-order valence-corrected chi connectivity index (χ3v) is 17.9. The Morgan fingerprint density at radius 3 is 1.85 bits per heavy atom. The largest absolute Gasteiger partial charge is 1.00 e. The fourth-order valence-electron chi connectivity index (χ4n) is 7.58. The van der Waals surface area contributed by atoms with E-state index in [4.69, 9.17) is 0 Å². The first kappa shape index (κ1) is 38.3. The van der Waals surface area contributed by atoms with Crippen LogP contribution in [-0.2, 0) is 44.7 Å². The molecule has 0 spiro atoms. The molecule has 0 fully saturated rings. The normalized spacial score (nSPS) is 14.3. The first-order valence-electron chi connectivity index (χ1n) is 16.2. The van der Waals surface area contributed by atoms with Crippen LogP contribution in [0.5, 0.6) is 0 Å². The average Bonchev–Trinajstić information content (AvgIpc) is 3.62. The molecule has 48 heavy (non-hydrogen) atoms. The van der Waals surface area contributed by atoms with Gasteiger partial charge in [0, 0.05) is 0 Å². The topological polar surface area (TPSA) is 0 Å². The van der Waals surface area contributed by atoms with Crippen LogP contribution in [-0.4, -0.2) is 3.21 Å². The monoisotopic (exact) mass is 764 g/mol. The Kier molecular flexibility index (Phi) is 11.2. The van der Waals surface area contributed by atoms with Crippen molar-refractivity contribution in [1.82, 2.24) is 0 Å². The standard InChI is InChI=1S/C23H29.C14H9F3.C5H5.2ClH.Zr/c1-14-9-16-11-17-10-15(2)21(23(6,7)8)13-19(17)18(16)12-20(14)22(3,4)5;15-14(16,17)13-8-4-7-12(10-13)9-11-5-2-1-3-6-11;1-2-4-5-3-1;;;/h9,12-13H,11H2,1-8H3;1-8,10H;1-5H;2*1H;/q;;;;;+2/p-2. The van der Waals surface area contributed by atoms with Crippen molar-refractivity contribution in [2.45, 2.75) is 82.4 Å². The summed E-state index contributed by atoms with van der Waals surface area (Å²) in [5, 5.41) is 0. The van der Waals surface area contributed by atoms with E-state index >= 15 is 0 Å². The second kappa shape index (κ2) is 14.0.